The van der Waals surface area contributed by atoms with E-state index >= 15 is 0 Å². The molecule has 0 aromatic heterocycles. The van der Waals surface area contributed by atoms with Crippen molar-refractivity contribution in [1.29, 1.82) is 0 Å². The van der Waals surface area contributed by atoms with Crippen LogP contribution in [0.15, 0.2) is 12.3 Å². The topological polar surface area (TPSA) is 26.3 Å². The second-order valence-corrected chi connectivity index (χ2v) is 4.88. The van der Waals surface area contributed by atoms with Crippen molar-refractivity contribution in [2.75, 3.05) is 0 Å². The lowest BCUT2D eigenvalue weighted by Crippen LogP contribution is -2.10. The molecule has 0 saturated carbocycles. The first-order valence-electron chi connectivity index (χ1n) is 2.71. The Hall–Kier alpha value is 0.0400. The summed E-state index contributed by atoms with van der Waals surface area (Å²) in [6.07, 6.45) is 4.30. The summed E-state index contributed by atoms with van der Waals surface area (Å²) >= 11 is 4.11. The van der Waals surface area contributed by atoms with E-state index in [1.807, 2.05) is 6.08 Å². The average Bonchev–Trinajstić information content (AvgIpc) is 2.38. The van der Waals surface area contributed by atoms with Crippen molar-refractivity contribution >= 4 is 23.4 Å². The van der Waals surface area contributed by atoms with Gasteiger partial charge in [0.1, 0.15) is 5.25 Å². The quantitative estimate of drug-likeness (QED) is 0.418. The molecule has 0 amide bonds. The van der Waals surface area contributed by atoms with Gasteiger partial charge in [0.2, 0.25) is 4.27 Å². The van der Waals surface area contributed by atoms with E-state index in [-0.39, 0.29) is 5.25 Å². The third kappa shape index (κ3) is 0.604. The molecule has 2 rings (SSSR count). The van der Waals surface area contributed by atoms with Crippen molar-refractivity contribution in [2.24, 2.45) is 0 Å². The molecule has 0 aromatic carbocycles. The van der Waals surface area contributed by atoms with Crippen LogP contribution in [0.25, 0.3) is 0 Å². The lowest BCUT2D eigenvalue weighted by Gasteiger charge is -2.08. The zero-order valence-electron chi connectivity index (χ0n) is 4.61. The number of allylic oxidation sites excluding steroid dienone is 1. The highest BCUT2D eigenvalue weighted by molar-refractivity contribution is 8.10. The molecule has 0 N–H and O–H groups in total. The normalized spacial score (nSPS) is 53.9. The van der Waals surface area contributed by atoms with E-state index in [2.05, 4.69) is 12.6 Å². The zero-order valence-corrected chi connectivity index (χ0v) is 6.32. The van der Waals surface area contributed by atoms with Gasteiger partial charge in [-0.05, 0) is 12.5 Å². The summed E-state index contributed by atoms with van der Waals surface area (Å²) in [6.45, 7) is 0. The Morgan fingerprint density at radius 1 is 1.89 bits per heavy atom. The molecule has 0 spiro atoms. The fourth-order valence-electron chi connectivity index (χ4n) is 0.949. The molecule has 2 heterocycles. The van der Waals surface area contributed by atoms with Gasteiger partial charge in [0, 0.05) is 0 Å². The second-order valence-electron chi connectivity index (χ2n) is 2.14. The smallest absolute Gasteiger partial charge is 0.241 e. The summed E-state index contributed by atoms with van der Waals surface area (Å²) in [5, 5.41) is 0.144. The summed E-state index contributed by atoms with van der Waals surface area (Å²) in [6, 6.07) is 0. The van der Waals surface area contributed by atoms with Gasteiger partial charge >= 0.3 is 0 Å². The molecule has 3 unspecified atom stereocenters. The van der Waals surface area contributed by atoms with E-state index in [1.165, 1.54) is 0 Å². The molecule has 0 radical (unpaired) electrons. The number of hydrogen-bond acceptors (Lipinski definition) is 3. The fourth-order valence-corrected chi connectivity index (χ4v) is 2.86. The summed E-state index contributed by atoms with van der Waals surface area (Å²) in [4.78, 5) is 0. The van der Waals surface area contributed by atoms with Crippen molar-refractivity contribution in [3.05, 3.63) is 12.3 Å². The molecule has 0 bridgehead atoms. The highest BCUT2D eigenvalue weighted by Crippen LogP contribution is 2.50. The van der Waals surface area contributed by atoms with Gasteiger partial charge in [-0.3, -0.25) is 4.21 Å². The van der Waals surface area contributed by atoms with Gasteiger partial charge in [0.05, 0.1) is 17.1 Å². The van der Waals surface area contributed by atoms with Crippen molar-refractivity contribution in [3.63, 3.8) is 0 Å². The van der Waals surface area contributed by atoms with E-state index in [4.69, 9.17) is 4.74 Å². The van der Waals surface area contributed by atoms with Crippen LogP contribution in [0, 0.1) is 0 Å². The van der Waals surface area contributed by atoms with Crippen LogP contribution in [-0.4, -0.2) is 13.7 Å². The van der Waals surface area contributed by atoms with Crippen LogP contribution in [0.5, 0.6) is 0 Å². The second kappa shape index (κ2) is 1.55. The molecule has 50 valence electrons. The van der Waals surface area contributed by atoms with Crippen LogP contribution in [0.3, 0.4) is 0 Å². The number of hydrogen-bond donors (Lipinski definition) is 1. The minimum atomic E-state index is -0.860. The van der Waals surface area contributed by atoms with Crippen LogP contribution in [0.4, 0.5) is 0 Å². The van der Waals surface area contributed by atoms with E-state index in [0.717, 1.165) is 6.42 Å². The van der Waals surface area contributed by atoms with Crippen molar-refractivity contribution in [2.45, 2.75) is 15.9 Å². The van der Waals surface area contributed by atoms with E-state index < -0.39 is 15.1 Å². The zero-order chi connectivity index (χ0) is 6.48. The maximum absolute atomic E-state index is 10.9. The number of rotatable bonds is 0. The Labute approximate surface area is 61.1 Å². The number of fused-ring (bicyclic) bond motifs is 1. The largest absolute Gasteiger partial charge is 0.471 e. The van der Waals surface area contributed by atoms with E-state index in [1.54, 1.807) is 6.26 Å². The lowest BCUT2D eigenvalue weighted by molar-refractivity contribution is 0.208. The Kier molecular flexibility index (Phi) is 0.998. The van der Waals surface area contributed by atoms with Crippen LogP contribution < -0.4 is 0 Å². The maximum Gasteiger partial charge on any atom is 0.241 e. The minimum absolute atomic E-state index is 0.144. The average molecular weight is 162 g/mol. The molecule has 2 aliphatic rings. The highest BCUT2D eigenvalue weighted by Gasteiger charge is 2.64. The van der Waals surface area contributed by atoms with Gasteiger partial charge < -0.3 is 4.74 Å². The maximum atomic E-state index is 10.9. The Morgan fingerprint density at radius 2 is 2.67 bits per heavy atom. The van der Waals surface area contributed by atoms with E-state index in [9.17, 15) is 4.21 Å². The molecule has 0 aromatic rings. The first-order chi connectivity index (χ1) is 4.25. The van der Waals surface area contributed by atoms with Crippen LogP contribution in [-0.2, 0) is 15.5 Å². The first kappa shape index (κ1) is 5.80. The summed E-state index contributed by atoms with van der Waals surface area (Å²) in [5.41, 5.74) is 0. The van der Waals surface area contributed by atoms with Crippen molar-refractivity contribution in [3.8, 4) is 0 Å². The first-order valence-corrected chi connectivity index (χ1v) is 4.37. The third-order valence-electron chi connectivity index (χ3n) is 1.58. The molecule has 3 atom stereocenters. The lowest BCUT2D eigenvalue weighted by atomic mass is 10.3. The van der Waals surface area contributed by atoms with Gasteiger partial charge in [-0.25, -0.2) is 0 Å². The molecule has 0 aliphatic carbocycles. The molecule has 2 nitrogen and oxygen atoms in total. The SMILES string of the molecule is O=S1C2CC=COC21S. The minimum Gasteiger partial charge on any atom is -0.471 e. The van der Waals surface area contributed by atoms with E-state index in [0.29, 0.717) is 0 Å². The Bertz CT molecular complexity index is 201. The summed E-state index contributed by atoms with van der Waals surface area (Å²) in [5.74, 6) is 0. The molecular weight excluding hydrogens is 156 g/mol. The predicted octanol–water partition coefficient (Wildman–Crippen LogP) is 0.635. The molecule has 1 saturated heterocycles. The summed E-state index contributed by atoms with van der Waals surface area (Å²) in [7, 11) is -0.860. The van der Waals surface area contributed by atoms with Gasteiger partial charge in [0.25, 0.3) is 0 Å². The molecule has 1 fully saturated rings. The van der Waals surface area contributed by atoms with Gasteiger partial charge in [0.15, 0.2) is 0 Å². The Morgan fingerprint density at radius 3 is 3.11 bits per heavy atom. The van der Waals surface area contributed by atoms with Gasteiger partial charge in [-0.15, -0.1) is 12.6 Å². The highest BCUT2D eigenvalue weighted by atomic mass is 32.2. The standard InChI is InChI=1S/C5H6O2S2/c6-9-4-2-1-3-7-5(4,9)8/h1,3-4,8H,2H2. The predicted molar refractivity (Wildman–Crippen MR) is 38.5 cm³/mol. The molecular formula is C5H6O2S2. The molecule has 2 aliphatic heterocycles. The van der Waals surface area contributed by atoms with Crippen molar-refractivity contribution < 1.29 is 8.95 Å². The van der Waals surface area contributed by atoms with Crippen LogP contribution in [0.2, 0.25) is 0 Å². The Balaban J connectivity index is 2.28. The summed E-state index contributed by atoms with van der Waals surface area (Å²) < 4.78 is 15.3. The van der Waals surface area contributed by atoms with Crippen LogP contribution >= 0.6 is 12.6 Å². The van der Waals surface area contributed by atoms with Gasteiger partial charge in [-0.2, -0.15) is 0 Å². The monoisotopic (exact) mass is 162 g/mol. The number of ether oxygens (including phenoxy) is 1. The van der Waals surface area contributed by atoms with Crippen molar-refractivity contribution in [1.82, 2.24) is 0 Å². The number of thiol groups is 1. The fraction of sp³-hybridized carbons (Fsp3) is 0.600. The molecule has 9 heavy (non-hydrogen) atoms. The third-order valence-corrected chi connectivity index (χ3v) is 4.46. The van der Waals surface area contributed by atoms with Gasteiger partial charge in [-0.1, -0.05) is 0 Å². The van der Waals surface area contributed by atoms with Crippen LogP contribution in [0.1, 0.15) is 6.42 Å². The molecule has 4 heteroatoms.